The zero-order valence-electron chi connectivity index (χ0n) is 16.0. The Kier molecular flexibility index (Phi) is 14.7. The summed E-state index contributed by atoms with van der Waals surface area (Å²) in [6.45, 7) is 10.6. The molecule has 0 bridgehead atoms. The first kappa shape index (κ1) is 23.3. The van der Waals surface area contributed by atoms with Gasteiger partial charge in [-0.05, 0) is 44.3 Å². The number of rotatable bonds is 6. The van der Waals surface area contributed by atoms with Crippen LogP contribution in [0.25, 0.3) is 0 Å². The molecule has 2 aliphatic rings. The van der Waals surface area contributed by atoms with Crippen LogP contribution < -0.4 is 5.32 Å². The molecule has 6 heteroatoms. The van der Waals surface area contributed by atoms with Crippen LogP contribution in [0.1, 0.15) is 52.9 Å². The summed E-state index contributed by atoms with van der Waals surface area (Å²) in [6.07, 6.45) is 13.6. The van der Waals surface area contributed by atoms with E-state index in [4.69, 9.17) is 0 Å². The molecular weight excluding hydrogens is 318 g/mol. The van der Waals surface area contributed by atoms with Crippen molar-refractivity contribution in [1.82, 2.24) is 10.2 Å². The minimum absolute atomic E-state index is 0.278. The maximum Gasteiger partial charge on any atom is 0.235 e. The molecule has 1 amide bonds. The van der Waals surface area contributed by atoms with Crippen LogP contribution in [0.3, 0.4) is 0 Å². The van der Waals surface area contributed by atoms with Crippen molar-refractivity contribution < 1.29 is 9.72 Å². The van der Waals surface area contributed by atoms with Gasteiger partial charge in [0.05, 0.1) is 0 Å². The third-order valence-electron chi connectivity index (χ3n) is 3.70. The SMILES string of the molecule is C1CCNCC1.CCCN(C=O)CC(C)C.O=[N+]([O-])C1C=CC=CC1. The fourth-order valence-electron chi connectivity index (χ4n) is 2.47. The molecule has 2 rings (SSSR count). The summed E-state index contributed by atoms with van der Waals surface area (Å²) >= 11 is 0. The highest BCUT2D eigenvalue weighted by Gasteiger charge is 2.14. The molecule has 1 aliphatic heterocycles. The number of nitrogens with zero attached hydrogens (tertiary/aromatic N) is 2. The molecule has 6 nitrogen and oxygen atoms in total. The van der Waals surface area contributed by atoms with Crippen molar-refractivity contribution in [2.24, 2.45) is 5.92 Å². The fraction of sp³-hybridized carbons (Fsp3) is 0.737. The number of hydrogen-bond donors (Lipinski definition) is 1. The summed E-state index contributed by atoms with van der Waals surface area (Å²) in [5, 5.41) is 13.4. The van der Waals surface area contributed by atoms with Gasteiger partial charge in [0, 0.05) is 24.4 Å². The quantitative estimate of drug-likeness (QED) is 0.451. The van der Waals surface area contributed by atoms with Crippen LogP contribution >= 0.6 is 0 Å². The van der Waals surface area contributed by atoms with Gasteiger partial charge in [-0.25, -0.2) is 0 Å². The average Bonchev–Trinajstić information content (AvgIpc) is 2.64. The van der Waals surface area contributed by atoms with Gasteiger partial charge < -0.3 is 10.2 Å². The van der Waals surface area contributed by atoms with E-state index in [1.54, 1.807) is 18.2 Å². The fourth-order valence-corrected chi connectivity index (χ4v) is 2.47. The zero-order valence-corrected chi connectivity index (χ0v) is 16.0. The molecule has 0 aromatic carbocycles. The third kappa shape index (κ3) is 14.4. The van der Waals surface area contributed by atoms with Crippen molar-refractivity contribution in [3.05, 3.63) is 34.4 Å². The lowest BCUT2D eigenvalue weighted by Gasteiger charge is -2.17. The second kappa shape index (κ2) is 15.8. The summed E-state index contributed by atoms with van der Waals surface area (Å²) in [4.78, 5) is 22.0. The second-order valence-electron chi connectivity index (χ2n) is 6.71. The van der Waals surface area contributed by atoms with Crippen molar-refractivity contribution >= 4 is 6.41 Å². The monoisotopic (exact) mass is 353 g/mol. The standard InChI is InChI=1S/C8H17NO.C6H7NO2.C5H11N/c1-4-5-9(7-10)6-8(2)3;8-7(9)6-4-2-1-3-5-6;1-2-4-6-5-3-1/h7-8H,4-6H2,1-3H3;1-4,6H,5H2;6H,1-5H2. The van der Waals surface area contributed by atoms with Crippen LogP contribution in [0.5, 0.6) is 0 Å². The van der Waals surface area contributed by atoms with Gasteiger partial charge in [0.15, 0.2) is 0 Å². The van der Waals surface area contributed by atoms with Crippen molar-refractivity contribution in [2.45, 2.75) is 58.9 Å². The minimum atomic E-state index is -0.491. The van der Waals surface area contributed by atoms with E-state index < -0.39 is 6.04 Å². The number of nitro groups is 1. The maximum absolute atomic E-state index is 10.4. The molecule has 1 unspecified atom stereocenters. The van der Waals surface area contributed by atoms with Gasteiger partial charge in [0.25, 0.3) is 0 Å². The van der Waals surface area contributed by atoms with E-state index in [2.05, 4.69) is 26.1 Å². The van der Waals surface area contributed by atoms with E-state index in [1.807, 2.05) is 11.0 Å². The first-order chi connectivity index (χ1) is 12.0. The Balaban J connectivity index is 0.000000355. The van der Waals surface area contributed by atoms with E-state index in [0.29, 0.717) is 12.3 Å². The van der Waals surface area contributed by atoms with Crippen LogP contribution in [-0.4, -0.2) is 48.5 Å². The van der Waals surface area contributed by atoms with Crippen LogP contribution in [-0.2, 0) is 4.79 Å². The Labute approximate surface area is 152 Å². The molecule has 0 spiro atoms. The predicted molar refractivity (Wildman–Crippen MR) is 103 cm³/mol. The van der Waals surface area contributed by atoms with Crippen LogP contribution in [0.2, 0.25) is 0 Å². The second-order valence-corrected chi connectivity index (χ2v) is 6.71. The summed E-state index contributed by atoms with van der Waals surface area (Å²) in [7, 11) is 0. The number of amides is 1. The zero-order chi connectivity index (χ0) is 18.9. The number of hydrogen-bond acceptors (Lipinski definition) is 4. The number of carbonyl (C=O) groups excluding carboxylic acids is 1. The Bertz CT molecular complexity index is 393. The first-order valence-corrected chi connectivity index (χ1v) is 9.38. The maximum atomic E-state index is 10.4. The van der Waals surface area contributed by atoms with Crippen molar-refractivity contribution in [1.29, 1.82) is 0 Å². The van der Waals surface area contributed by atoms with E-state index in [9.17, 15) is 14.9 Å². The summed E-state index contributed by atoms with van der Waals surface area (Å²) in [6, 6.07) is -0.491. The van der Waals surface area contributed by atoms with Crippen molar-refractivity contribution in [3.8, 4) is 0 Å². The smallest absolute Gasteiger partial charge is 0.235 e. The molecule has 25 heavy (non-hydrogen) atoms. The van der Waals surface area contributed by atoms with Gasteiger partial charge in [0.1, 0.15) is 0 Å². The highest BCUT2D eigenvalue weighted by molar-refractivity contribution is 5.46. The molecule has 1 N–H and O–H groups in total. The Morgan fingerprint density at radius 3 is 2.24 bits per heavy atom. The minimum Gasteiger partial charge on any atom is -0.345 e. The lowest BCUT2D eigenvalue weighted by molar-refractivity contribution is -0.508. The molecule has 1 aliphatic carbocycles. The number of nitrogens with one attached hydrogen (secondary N) is 1. The Morgan fingerprint density at radius 1 is 1.28 bits per heavy atom. The summed E-state index contributed by atoms with van der Waals surface area (Å²) in [5.41, 5.74) is 0. The van der Waals surface area contributed by atoms with Crippen LogP contribution in [0.4, 0.5) is 0 Å². The summed E-state index contributed by atoms with van der Waals surface area (Å²) in [5.74, 6) is 0.580. The van der Waals surface area contributed by atoms with Gasteiger partial charge in [-0.1, -0.05) is 45.4 Å². The largest absolute Gasteiger partial charge is 0.345 e. The first-order valence-electron chi connectivity index (χ1n) is 9.38. The van der Waals surface area contributed by atoms with Crippen LogP contribution in [0, 0.1) is 16.0 Å². The third-order valence-corrected chi connectivity index (χ3v) is 3.70. The van der Waals surface area contributed by atoms with Gasteiger partial charge >= 0.3 is 0 Å². The average molecular weight is 354 g/mol. The Hall–Kier alpha value is -1.69. The van der Waals surface area contributed by atoms with Gasteiger partial charge in [-0.15, -0.1) is 0 Å². The molecule has 1 saturated heterocycles. The van der Waals surface area contributed by atoms with Gasteiger partial charge in [-0.2, -0.15) is 0 Å². The van der Waals surface area contributed by atoms with E-state index in [0.717, 1.165) is 25.9 Å². The number of piperidine rings is 1. The molecule has 0 aromatic heterocycles. The van der Waals surface area contributed by atoms with Crippen molar-refractivity contribution in [2.75, 3.05) is 26.2 Å². The van der Waals surface area contributed by atoms with Gasteiger partial charge in [-0.3, -0.25) is 14.9 Å². The highest BCUT2D eigenvalue weighted by Crippen LogP contribution is 2.05. The molecular formula is C19H35N3O3. The molecule has 1 fully saturated rings. The molecule has 1 heterocycles. The molecule has 0 radical (unpaired) electrons. The molecule has 0 aromatic rings. The topological polar surface area (TPSA) is 75.5 Å². The molecule has 144 valence electrons. The number of allylic oxidation sites excluding steroid dienone is 2. The Morgan fingerprint density at radius 2 is 1.96 bits per heavy atom. The number of carbonyl (C=O) groups is 1. The highest BCUT2D eigenvalue weighted by atomic mass is 16.6. The van der Waals surface area contributed by atoms with Crippen LogP contribution in [0.15, 0.2) is 24.3 Å². The molecule has 1 atom stereocenters. The van der Waals surface area contributed by atoms with E-state index >= 15 is 0 Å². The van der Waals surface area contributed by atoms with Gasteiger partial charge in [0.2, 0.25) is 12.5 Å². The lowest BCUT2D eigenvalue weighted by atomic mass is 10.1. The lowest BCUT2D eigenvalue weighted by Crippen LogP contribution is -2.26. The molecule has 0 saturated carbocycles. The normalized spacial score (nSPS) is 18.5. The van der Waals surface area contributed by atoms with E-state index in [1.165, 1.54) is 32.4 Å². The van der Waals surface area contributed by atoms with Crippen molar-refractivity contribution in [3.63, 3.8) is 0 Å². The predicted octanol–water partition coefficient (Wildman–Crippen LogP) is 3.42. The summed E-state index contributed by atoms with van der Waals surface area (Å²) < 4.78 is 0. The van der Waals surface area contributed by atoms with E-state index in [-0.39, 0.29) is 4.92 Å².